The minimum absolute atomic E-state index is 0.0257. The lowest BCUT2D eigenvalue weighted by Gasteiger charge is -2.23. The van der Waals surface area contributed by atoms with Gasteiger partial charge in [0.15, 0.2) is 0 Å². The molecule has 1 aromatic rings. The molecule has 1 saturated heterocycles. The van der Waals surface area contributed by atoms with Crippen molar-refractivity contribution in [3.05, 3.63) is 18.2 Å². The molecule has 1 aromatic carbocycles. The summed E-state index contributed by atoms with van der Waals surface area (Å²) in [5, 5.41) is 2.69. The van der Waals surface area contributed by atoms with Gasteiger partial charge in [0.25, 0.3) is 0 Å². The zero-order valence-corrected chi connectivity index (χ0v) is 16.0. The lowest BCUT2D eigenvalue weighted by molar-refractivity contribution is -0.120. The molecule has 1 atom stereocenters. The van der Waals surface area contributed by atoms with Crippen LogP contribution in [0.3, 0.4) is 0 Å². The van der Waals surface area contributed by atoms with Crippen molar-refractivity contribution in [3.8, 4) is 5.75 Å². The maximum absolute atomic E-state index is 12.7. The van der Waals surface area contributed by atoms with E-state index in [1.165, 1.54) is 37.3 Å². The molecule has 1 unspecified atom stereocenters. The van der Waals surface area contributed by atoms with Crippen molar-refractivity contribution < 1.29 is 27.5 Å². The zero-order valence-electron chi connectivity index (χ0n) is 15.2. The number of nitrogens with zero attached hydrogens (tertiary/aromatic N) is 1. The summed E-state index contributed by atoms with van der Waals surface area (Å²) in [5.41, 5.74) is 0.234. The summed E-state index contributed by atoms with van der Waals surface area (Å²) in [5.74, 6) is -0.0859. The van der Waals surface area contributed by atoms with E-state index in [1.54, 1.807) is 0 Å². The Balaban J connectivity index is 1.81. The van der Waals surface area contributed by atoms with E-state index in [4.69, 9.17) is 9.47 Å². The number of sulfonamides is 1. The maximum atomic E-state index is 12.7. The van der Waals surface area contributed by atoms with Crippen molar-refractivity contribution in [1.82, 2.24) is 9.62 Å². The number of hydrogen-bond acceptors (Lipinski definition) is 6. The fourth-order valence-corrected chi connectivity index (χ4v) is 4.36. The number of benzene rings is 1. The predicted octanol–water partition coefficient (Wildman–Crippen LogP) is 1.31. The minimum Gasteiger partial charge on any atom is -0.495 e. The van der Waals surface area contributed by atoms with Gasteiger partial charge in [-0.15, -0.1) is 0 Å². The van der Waals surface area contributed by atoms with E-state index in [2.05, 4.69) is 10.0 Å². The number of methoxy groups -OCH3 is 2. The highest BCUT2D eigenvalue weighted by molar-refractivity contribution is 7.89. The number of carbonyl (C=O) groups excluding carboxylic acids is 2. The van der Waals surface area contributed by atoms with Crippen LogP contribution in [0.15, 0.2) is 23.1 Å². The van der Waals surface area contributed by atoms with Crippen LogP contribution in [0.1, 0.15) is 25.7 Å². The Morgan fingerprint density at radius 2 is 1.93 bits per heavy atom. The fourth-order valence-electron chi connectivity index (χ4n) is 3.03. The third-order valence-electron chi connectivity index (χ3n) is 4.60. The molecule has 1 aliphatic carbocycles. The van der Waals surface area contributed by atoms with E-state index >= 15 is 0 Å². The van der Waals surface area contributed by atoms with Crippen LogP contribution in [-0.4, -0.2) is 58.2 Å². The van der Waals surface area contributed by atoms with Gasteiger partial charge in [0.2, 0.25) is 15.9 Å². The predicted molar refractivity (Wildman–Crippen MR) is 97.1 cm³/mol. The molecule has 0 bridgehead atoms. The van der Waals surface area contributed by atoms with E-state index in [0.29, 0.717) is 25.1 Å². The Hall–Kier alpha value is -2.33. The standard InChI is InChI=1S/C17H23N3O6S/c1-25-15-8-7-12(27(23,24)19-11-5-6-11)10-13(15)18-16(21)14-4-3-9-20(14)17(22)26-2/h7-8,10-11,14,19H,3-6,9H2,1-2H3,(H,18,21). The Morgan fingerprint density at radius 3 is 2.56 bits per heavy atom. The minimum atomic E-state index is -3.67. The number of anilines is 1. The van der Waals surface area contributed by atoms with Gasteiger partial charge in [0.1, 0.15) is 11.8 Å². The molecule has 2 amide bonds. The highest BCUT2D eigenvalue weighted by Crippen LogP contribution is 2.30. The fraction of sp³-hybridized carbons (Fsp3) is 0.529. The van der Waals surface area contributed by atoms with Crippen LogP contribution in [0.25, 0.3) is 0 Å². The number of hydrogen-bond donors (Lipinski definition) is 2. The van der Waals surface area contributed by atoms with Crippen LogP contribution >= 0.6 is 0 Å². The first-order valence-electron chi connectivity index (χ1n) is 8.71. The molecule has 1 heterocycles. The molecule has 0 spiro atoms. The number of nitrogens with one attached hydrogen (secondary N) is 2. The van der Waals surface area contributed by atoms with Crippen LogP contribution < -0.4 is 14.8 Å². The van der Waals surface area contributed by atoms with Gasteiger partial charge in [-0.1, -0.05) is 0 Å². The van der Waals surface area contributed by atoms with E-state index in [-0.39, 0.29) is 16.6 Å². The first kappa shape index (κ1) is 19.4. The van der Waals surface area contributed by atoms with Crippen LogP contribution in [0.2, 0.25) is 0 Å². The molecule has 2 fully saturated rings. The Labute approximate surface area is 158 Å². The number of likely N-dealkylation sites (tertiary alicyclic amines) is 1. The monoisotopic (exact) mass is 397 g/mol. The molecule has 3 rings (SSSR count). The molecule has 2 aliphatic rings. The second kappa shape index (κ2) is 7.73. The molecule has 0 aromatic heterocycles. The van der Waals surface area contributed by atoms with Gasteiger partial charge in [-0.25, -0.2) is 17.9 Å². The lowest BCUT2D eigenvalue weighted by atomic mass is 10.2. The van der Waals surface area contributed by atoms with Gasteiger partial charge in [-0.3, -0.25) is 9.69 Å². The maximum Gasteiger partial charge on any atom is 0.410 e. The second-order valence-electron chi connectivity index (χ2n) is 6.57. The van der Waals surface area contributed by atoms with E-state index in [0.717, 1.165) is 12.8 Å². The number of carbonyl (C=O) groups is 2. The van der Waals surface area contributed by atoms with Crippen molar-refractivity contribution in [2.45, 2.75) is 42.7 Å². The quantitative estimate of drug-likeness (QED) is 0.748. The summed E-state index contributed by atoms with van der Waals surface area (Å²) in [7, 11) is -0.977. The Morgan fingerprint density at radius 1 is 1.19 bits per heavy atom. The zero-order chi connectivity index (χ0) is 19.6. The van der Waals surface area contributed by atoms with Gasteiger partial charge in [0, 0.05) is 12.6 Å². The topological polar surface area (TPSA) is 114 Å². The highest BCUT2D eigenvalue weighted by atomic mass is 32.2. The van der Waals surface area contributed by atoms with Crippen molar-refractivity contribution in [3.63, 3.8) is 0 Å². The molecule has 10 heteroatoms. The normalized spacial score (nSPS) is 19.6. The molecule has 2 N–H and O–H groups in total. The SMILES string of the molecule is COC(=O)N1CCCC1C(=O)Nc1cc(S(=O)(=O)NC2CC2)ccc1OC. The first-order chi connectivity index (χ1) is 12.9. The van der Waals surface area contributed by atoms with Crippen molar-refractivity contribution >= 4 is 27.7 Å². The molecule has 0 radical (unpaired) electrons. The molecule has 148 valence electrons. The molecule has 9 nitrogen and oxygen atoms in total. The van der Waals surface area contributed by atoms with Gasteiger partial charge in [0.05, 0.1) is 24.8 Å². The van der Waals surface area contributed by atoms with Crippen molar-refractivity contribution in [2.75, 3.05) is 26.1 Å². The third-order valence-corrected chi connectivity index (χ3v) is 6.12. The molecule has 1 aliphatic heterocycles. The van der Waals surface area contributed by atoms with Crippen LogP contribution in [0.4, 0.5) is 10.5 Å². The third kappa shape index (κ3) is 4.33. The Bertz CT molecular complexity index is 837. The largest absolute Gasteiger partial charge is 0.495 e. The highest BCUT2D eigenvalue weighted by Gasteiger charge is 2.35. The molecular formula is C17H23N3O6S. The molecule has 1 saturated carbocycles. The summed E-state index contributed by atoms with van der Waals surface area (Å²) >= 11 is 0. The van der Waals surface area contributed by atoms with Gasteiger partial charge < -0.3 is 14.8 Å². The van der Waals surface area contributed by atoms with Crippen molar-refractivity contribution in [2.24, 2.45) is 0 Å². The van der Waals surface area contributed by atoms with Crippen LogP contribution in [0, 0.1) is 0 Å². The van der Waals surface area contributed by atoms with Gasteiger partial charge in [-0.05, 0) is 43.9 Å². The van der Waals surface area contributed by atoms with E-state index in [1.807, 2.05) is 0 Å². The summed E-state index contributed by atoms with van der Waals surface area (Å²) < 4.78 is 37.4. The van der Waals surface area contributed by atoms with Crippen molar-refractivity contribution in [1.29, 1.82) is 0 Å². The summed E-state index contributed by atoms with van der Waals surface area (Å²) in [6.07, 6.45) is 2.27. The smallest absolute Gasteiger partial charge is 0.410 e. The van der Waals surface area contributed by atoms with Crippen LogP contribution in [0.5, 0.6) is 5.75 Å². The summed E-state index contributed by atoms with van der Waals surface area (Å²) in [4.78, 5) is 25.9. The van der Waals surface area contributed by atoms with Gasteiger partial charge >= 0.3 is 6.09 Å². The molecule has 27 heavy (non-hydrogen) atoms. The molecular weight excluding hydrogens is 374 g/mol. The summed E-state index contributed by atoms with van der Waals surface area (Å²) in [6.45, 7) is 0.432. The summed E-state index contributed by atoms with van der Waals surface area (Å²) in [6, 6.07) is 3.58. The number of amides is 2. The van der Waals surface area contributed by atoms with E-state index < -0.39 is 28.1 Å². The second-order valence-corrected chi connectivity index (χ2v) is 8.28. The van der Waals surface area contributed by atoms with Gasteiger partial charge in [-0.2, -0.15) is 0 Å². The Kier molecular flexibility index (Phi) is 5.56. The van der Waals surface area contributed by atoms with E-state index in [9.17, 15) is 18.0 Å². The number of ether oxygens (including phenoxy) is 2. The van der Waals surface area contributed by atoms with Crippen LogP contribution in [-0.2, 0) is 19.6 Å². The average molecular weight is 397 g/mol. The number of rotatable bonds is 6. The average Bonchev–Trinajstić information content (AvgIpc) is 3.31. The lowest BCUT2D eigenvalue weighted by Crippen LogP contribution is -2.43. The first-order valence-corrected chi connectivity index (χ1v) is 10.2.